The minimum absolute atomic E-state index is 0.106. The predicted octanol–water partition coefficient (Wildman–Crippen LogP) is 3.84. The Balaban J connectivity index is 1.55. The van der Waals surface area contributed by atoms with Crippen molar-refractivity contribution in [2.75, 3.05) is 6.54 Å². The lowest BCUT2D eigenvalue weighted by atomic mass is 10.2. The number of carbonyl (C=O) groups is 3. The second kappa shape index (κ2) is 11.6. The zero-order valence-corrected chi connectivity index (χ0v) is 19.7. The maximum absolute atomic E-state index is 12.8. The minimum Gasteiger partial charge on any atom is -0.489 e. The first-order valence-corrected chi connectivity index (χ1v) is 11.6. The number of ether oxygens (including phenoxy) is 1. The fraction of sp³-hybridized carbons (Fsp3) is 0.250. The van der Waals surface area contributed by atoms with Crippen molar-refractivity contribution in [3.63, 3.8) is 0 Å². The SMILES string of the molecule is CC(NC(=O)CCCN1C(=O)/C(=C/c2cccc(OCc3ccccc3)c2)SC1=S)C(=O)O. The summed E-state index contributed by atoms with van der Waals surface area (Å²) < 4.78 is 6.28. The van der Waals surface area contributed by atoms with E-state index in [1.807, 2.05) is 54.6 Å². The molecule has 1 aliphatic rings. The average molecular weight is 485 g/mol. The molecule has 0 spiro atoms. The Morgan fingerprint density at radius 1 is 1.21 bits per heavy atom. The van der Waals surface area contributed by atoms with Crippen LogP contribution < -0.4 is 10.1 Å². The van der Waals surface area contributed by atoms with Crippen LogP contribution in [0.1, 0.15) is 30.9 Å². The van der Waals surface area contributed by atoms with Crippen molar-refractivity contribution in [2.45, 2.75) is 32.4 Å². The van der Waals surface area contributed by atoms with Gasteiger partial charge in [-0.1, -0.05) is 66.4 Å². The monoisotopic (exact) mass is 484 g/mol. The first-order chi connectivity index (χ1) is 15.8. The number of hydrogen-bond donors (Lipinski definition) is 2. The molecule has 2 aromatic carbocycles. The van der Waals surface area contributed by atoms with E-state index in [0.29, 0.717) is 28.0 Å². The summed E-state index contributed by atoms with van der Waals surface area (Å²) in [7, 11) is 0. The number of carboxylic acids is 1. The fourth-order valence-electron chi connectivity index (χ4n) is 3.05. The van der Waals surface area contributed by atoms with Crippen LogP contribution in [0.4, 0.5) is 0 Å². The van der Waals surface area contributed by atoms with Gasteiger partial charge < -0.3 is 15.2 Å². The molecule has 0 saturated carbocycles. The molecule has 0 bridgehead atoms. The lowest BCUT2D eigenvalue weighted by molar-refractivity contribution is -0.141. The number of nitrogens with one attached hydrogen (secondary N) is 1. The molecule has 1 fully saturated rings. The van der Waals surface area contributed by atoms with Gasteiger partial charge in [-0.15, -0.1) is 0 Å². The lowest BCUT2D eigenvalue weighted by Crippen LogP contribution is -2.38. The van der Waals surface area contributed by atoms with E-state index in [-0.39, 0.29) is 24.8 Å². The van der Waals surface area contributed by atoms with E-state index in [0.717, 1.165) is 11.1 Å². The molecule has 2 aromatic rings. The van der Waals surface area contributed by atoms with Crippen molar-refractivity contribution in [3.05, 3.63) is 70.6 Å². The molecular formula is C24H24N2O5S2. The summed E-state index contributed by atoms with van der Waals surface area (Å²) in [6.07, 6.45) is 2.26. The molecule has 1 heterocycles. The molecule has 2 amide bonds. The molecule has 3 rings (SSSR count). The number of hydrogen-bond acceptors (Lipinski definition) is 6. The van der Waals surface area contributed by atoms with Crippen molar-refractivity contribution in [1.82, 2.24) is 10.2 Å². The maximum atomic E-state index is 12.8. The fourth-order valence-corrected chi connectivity index (χ4v) is 4.36. The number of rotatable bonds is 10. The van der Waals surface area contributed by atoms with Crippen LogP contribution >= 0.6 is 24.0 Å². The second-order valence-corrected chi connectivity index (χ2v) is 9.09. The Labute approximate surface area is 201 Å². The molecule has 1 aliphatic heterocycles. The highest BCUT2D eigenvalue weighted by molar-refractivity contribution is 8.26. The van der Waals surface area contributed by atoms with Crippen LogP contribution in [0.3, 0.4) is 0 Å². The molecule has 1 unspecified atom stereocenters. The third kappa shape index (κ3) is 7.16. The molecule has 0 aliphatic carbocycles. The summed E-state index contributed by atoms with van der Waals surface area (Å²) in [5.41, 5.74) is 1.89. The van der Waals surface area contributed by atoms with Crippen LogP contribution in [-0.2, 0) is 21.0 Å². The first kappa shape index (κ1) is 24.5. The molecule has 1 saturated heterocycles. The van der Waals surface area contributed by atoms with Gasteiger partial charge in [-0.25, -0.2) is 0 Å². The van der Waals surface area contributed by atoms with Crippen LogP contribution in [0.25, 0.3) is 6.08 Å². The summed E-state index contributed by atoms with van der Waals surface area (Å²) in [5.74, 6) is -0.984. The highest BCUT2D eigenvalue weighted by Crippen LogP contribution is 2.33. The Kier molecular flexibility index (Phi) is 8.62. The van der Waals surface area contributed by atoms with Crippen molar-refractivity contribution in [2.24, 2.45) is 0 Å². The number of thioether (sulfide) groups is 1. The van der Waals surface area contributed by atoms with E-state index < -0.39 is 12.0 Å². The van der Waals surface area contributed by atoms with Gasteiger partial charge in [0.15, 0.2) is 0 Å². The van der Waals surface area contributed by atoms with Crippen LogP contribution in [0.2, 0.25) is 0 Å². The van der Waals surface area contributed by atoms with Gasteiger partial charge in [0.2, 0.25) is 5.91 Å². The number of nitrogens with zero attached hydrogens (tertiary/aromatic N) is 1. The predicted molar refractivity (Wildman–Crippen MR) is 132 cm³/mol. The van der Waals surface area contributed by atoms with Gasteiger partial charge in [-0.05, 0) is 42.7 Å². The number of carboxylic acid groups (broad SMARTS) is 1. The van der Waals surface area contributed by atoms with Gasteiger partial charge in [0.05, 0.1) is 4.91 Å². The Morgan fingerprint density at radius 2 is 1.97 bits per heavy atom. The summed E-state index contributed by atoms with van der Waals surface area (Å²) in [5, 5.41) is 11.2. The van der Waals surface area contributed by atoms with Gasteiger partial charge in [0.1, 0.15) is 22.7 Å². The molecule has 33 heavy (non-hydrogen) atoms. The number of thiocarbonyl (C=S) groups is 1. The average Bonchev–Trinajstić information content (AvgIpc) is 3.06. The Morgan fingerprint density at radius 3 is 2.70 bits per heavy atom. The molecule has 172 valence electrons. The van der Waals surface area contributed by atoms with Gasteiger partial charge >= 0.3 is 5.97 Å². The van der Waals surface area contributed by atoms with E-state index in [1.165, 1.54) is 23.6 Å². The van der Waals surface area contributed by atoms with E-state index in [1.54, 1.807) is 6.08 Å². The van der Waals surface area contributed by atoms with Gasteiger partial charge in [0, 0.05) is 13.0 Å². The molecule has 0 radical (unpaired) electrons. The molecular weight excluding hydrogens is 460 g/mol. The van der Waals surface area contributed by atoms with Crippen LogP contribution in [-0.4, -0.2) is 44.7 Å². The first-order valence-electron chi connectivity index (χ1n) is 10.4. The number of aliphatic carboxylic acids is 1. The van der Waals surface area contributed by atoms with Crippen molar-refractivity contribution in [3.8, 4) is 5.75 Å². The normalized spacial score (nSPS) is 15.5. The van der Waals surface area contributed by atoms with E-state index >= 15 is 0 Å². The van der Waals surface area contributed by atoms with Gasteiger partial charge in [-0.3, -0.25) is 19.3 Å². The third-order valence-electron chi connectivity index (χ3n) is 4.81. The minimum atomic E-state index is -1.10. The van der Waals surface area contributed by atoms with Crippen molar-refractivity contribution < 1.29 is 24.2 Å². The smallest absolute Gasteiger partial charge is 0.325 e. The summed E-state index contributed by atoms with van der Waals surface area (Å²) in [6, 6.07) is 16.4. The highest BCUT2D eigenvalue weighted by Gasteiger charge is 2.31. The zero-order chi connectivity index (χ0) is 23.8. The number of benzene rings is 2. The van der Waals surface area contributed by atoms with E-state index in [9.17, 15) is 14.4 Å². The molecule has 1 atom stereocenters. The second-order valence-electron chi connectivity index (χ2n) is 7.41. The van der Waals surface area contributed by atoms with Crippen LogP contribution in [0.5, 0.6) is 5.75 Å². The van der Waals surface area contributed by atoms with Gasteiger partial charge in [-0.2, -0.15) is 0 Å². The molecule has 9 heteroatoms. The maximum Gasteiger partial charge on any atom is 0.325 e. The number of carbonyl (C=O) groups excluding carboxylic acids is 2. The Bertz CT molecular complexity index is 1070. The van der Waals surface area contributed by atoms with Crippen LogP contribution in [0, 0.1) is 0 Å². The van der Waals surface area contributed by atoms with Gasteiger partial charge in [0.25, 0.3) is 5.91 Å². The van der Waals surface area contributed by atoms with Crippen molar-refractivity contribution >= 4 is 52.2 Å². The lowest BCUT2D eigenvalue weighted by Gasteiger charge is -2.14. The summed E-state index contributed by atoms with van der Waals surface area (Å²) in [4.78, 5) is 37.4. The standard InChI is InChI=1S/C24H24N2O5S2/c1-16(23(29)30)25-21(27)11-6-12-26-22(28)20(33-24(26)32)14-18-9-5-10-19(13-18)31-15-17-7-3-2-4-8-17/h2-5,7-10,13-14,16H,6,11-12,15H2,1H3,(H,25,27)(H,29,30)/b20-14-. The zero-order valence-electron chi connectivity index (χ0n) is 18.0. The Hall–Kier alpha value is -3.17. The topological polar surface area (TPSA) is 95.9 Å². The molecule has 2 N–H and O–H groups in total. The highest BCUT2D eigenvalue weighted by atomic mass is 32.2. The summed E-state index contributed by atoms with van der Waals surface area (Å²) >= 11 is 6.56. The number of amides is 2. The van der Waals surface area contributed by atoms with Crippen LogP contribution in [0.15, 0.2) is 59.5 Å². The quantitative estimate of drug-likeness (QED) is 0.391. The van der Waals surface area contributed by atoms with E-state index in [4.69, 9.17) is 22.1 Å². The van der Waals surface area contributed by atoms with Crippen molar-refractivity contribution in [1.29, 1.82) is 0 Å². The summed E-state index contributed by atoms with van der Waals surface area (Å²) in [6.45, 7) is 2.14. The third-order valence-corrected chi connectivity index (χ3v) is 6.19. The van der Waals surface area contributed by atoms with E-state index in [2.05, 4.69) is 5.32 Å². The largest absolute Gasteiger partial charge is 0.489 e. The molecule has 7 nitrogen and oxygen atoms in total. The molecule has 0 aromatic heterocycles.